The van der Waals surface area contributed by atoms with E-state index in [-0.39, 0.29) is 0 Å². The molecule has 0 bridgehead atoms. The Morgan fingerprint density at radius 2 is 1.55 bits per heavy atom. The van der Waals surface area contributed by atoms with Crippen molar-refractivity contribution >= 4 is 17.4 Å². The topological polar surface area (TPSA) is 3.24 Å². The van der Waals surface area contributed by atoms with Gasteiger partial charge in [0.25, 0.3) is 0 Å². The molecule has 0 aliphatic carbocycles. The van der Waals surface area contributed by atoms with E-state index in [9.17, 15) is 0 Å². The van der Waals surface area contributed by atoms with E-state index in [2.05, 4.69) is 36.1 Å². The van der Waals surface area contributed by atoms with Crippen molar-refractivity contribution < 1.29 is 0 Å². The van der Waals surface area contributed by atoms with Crippen LogP contribution in [0.2, 0.25) is 0 Å². The first-order valence-electron chi connectivity index (χ1n) is 8.38. The van der Waals surface area contributed by atoms with Gasteiger partial charge in [-0.2, -0.15) is 0 Å². The fourth-order valence-corrected chi connectivity index (χ4v) is 3.94. The second-order valence-electron chi connectivity index (χ2n) is 5.83. The Labute approximate surface area is 129 Å². The lowest BCUT2D eigenvalue weighted by Gasteiger charge is -2.18. The first kappa shape index (κ1) is 15.8. The number of anilines is 1. The van der Waals surface area contributed by atoms with E-state index in [1.54, 1.807) is 0 Å². The minimum atomic E-state index is 1.15. The van der Waals surface area contributed by atoms with Gasteiger partial charge in [-0.15, -0.1) is 11.8 Å². The predicted octanol–water partition coefficient (Wildman–Crippen LogP) is 6.09. The Morgan fingerprint density at radius 1 is 0.900 bits per heavy atom. The van der Waals surface area contributed by atoms with Gasteiger partial charge in [0.05, 0.1) is 11.6 Å². The van der Waals surface area contributed by atoms with Gasteiger partial charge < -0.3 is 4.90 Å². The van der Waals surface area contributed by atoms with Crippen LogP contribution >= 0.6 is 11.8 Å². The molecule has 0 saturated carbocycles. The summed E-state index contributed by atoms with van der Waals surface area (Å²) in [4.78, 5) is 4.00. The number of rotatable bonds is 10. The van der Waals surface area contributed by atoms with Crippen molar-refractivity contribution in [2.45, 2.75) is 69.6 Å². The fraction of sp³-hybridized carbons (Fsp3) is 0.667. The van der Waals surface area contributed by atoms with Crippen LogP contribution in [0.3, 0.4) is 0 Å². The zero-order valence-corrected chi connectivity index (χ0v) is 13.8. The van der Waals surface area contributed by atoms with E-state index >= 15 is 0 Å². The van der Waals surface area contributed by atoms with Crippen LogP contribution in [-0.4, -0.2) is 12.4 Å². The van der Waals surface area contributed by atoms with E-state index in [1.807, 2.05) is 11.8 Å². The molecule has 0 saturated heterocycles. The Morgan fingerprint density at radius 3 is 2.30 bits per heavy atom. The zero-order chi connectivity index (χ0) is 14.0. The molecule has 1 aliphatic heterocycles. The van der Waals surface area contributed by atoms with E-state index in [0.717, 1.165) is 5.88 Å². The molecule has 112 valence electrons. The molecule has 1 aliphatic rings. The summed E-state index contributed by atoms with van der Waals surface area (Å²) >= 11 is 1.98. The quantitative estimate of drug-likeness (QED) is 0.480. The van der Waals surface area contributed by atoms with Crippen LogP contribution in [0.5, 0.6) is 0 Å². The summed E-state index contributed by atoms with van der Waals surface area (Å²) in [6.07, 6.45) is 12.7. The number of fused-ring (bicyclic) bond motifs is 1. The molecule has 1 nitrogen and oxygen atoms in total. The van der Waals surface area contributed by atoms with Crippen molar-refractivity contribution in [3.8, 4) is 0 Å². The first-order valence-corrected chi connectivity index (χ1v) is 9.37. The van der Waals surface area contributed by atoms with Gasteiger partial charge in [0.1, 0.15) is 0 Å². The lowest BCUT2D eigenvalue weighted by molar-refractivity contribution is 0.564. The van der Waals surface area contributed by atoms with Crippen molar-refractivity contribution in [1.29, 1.82) is 0 Å². The van der Waals surface area contributed by atoms with Crippen molar-refractivity contribution in [3.63, 3.8) is 0 Å². The average Bonchev–Trinajstić information content (AvgIpc) is 2.89. The largest absolute Gasteiger partial charge is 0.361 e. The van der Waals surface area contributed by atoms with E-state index < -0.39 is 0 Å². The minimum absolute atomic E-state index is 1.15. The van der Waals surface area contributed by atoms with E-state index in [0.29, 0.717) is 0 Å². The smallest absolute Gasteiger partial charge is 0.0686 e. The second-order valence-corrected chi connectivity index (χ2v) is 6.82. The molecule has 2 rings (SSSR count). The summed E-state index contributed by atoms with van der Waals surface area (Å²) in [5.74, 6) is 1.15. The zero-order valence-electron chi connectivity index (χ0n) is 12.9. The van der Waals surface area contributed by atoms with Gasteiger partial charge in [0.15, 0.2) is 0 Å². The number of thioether (sulfide) groups is 1. The number of hydrogen-bond acceptors (Lipinski definition) is 2. The molecular formula is C18H29NS. The molecule has 0 fully saturated rings. The Bertz CT molecular complexity index is 377. The second kappa shape index (κ2) is 9.33. The molecule has 0 aromatic heterocycles. The Balaban J connectivity index is 1.50. The van der Waals surface area contributed by atoms with E-state index in [4.69, 9.17) is 0 Å². The third kappa shape index (κ3) is 5.05. The first-order chi connectivity index (χ1) is 9.92. The Hall–Kier alpha value is -0.630. The monoisotopic (exact) mass is 291 g/mol. The van der Waals surface area contributed by atoms with Crippen molar-refractivity contribution in [2.24, 2.45) is 0 Å². The highest BCUT2D eigenvalue weighted by Gasteiger charge is 2.17. The highest BCUT2D eigenvalue weighted by atomic mass is 32.2. The van der Waals surface area contributed by atoms with Gasteiger partial charge in [0, 0.05) is 11.4 Å². The molecular weight excluding hydrogens is 262 g/mol. The molecule has 0 N–H and O–H groups in total. The van der Waals surface area contributed by atoms with Crippen molar-refractivity contribution in [1.82, 2.24) is 0 Å². The van der Waals surface area contributed by atoms with Crippen LogP contribution in [0, 0.1) is 0 Å². The maximum absolute atomic E-state index is 2.54. The van der Waals surface area contributed by atoms with Gasteiger partial charge >= 0.3 is 0 Å². The van der Waals surface area contributed by atoms with Crippen molar-refractivity contribution in [3.05, 3.63) is 24.3 Å². The molecule has 1 aromatic carbocycles. The highest BCUT2D eigenvalue weighted by molar-refractivity contribution is 7.99. The van der Waals surface area contributed by atoms with Gasteiger partial charge in [-0.25, -0.2) is 0 Å². The van der Waals surface area contributed by atoms with Crippen LogP contribution in [-0.2, 0) is 0 Å². The average molecular weight is 292 g/mol. The standard InChI is InChI=1S/C18H29NS/c1-2-3-4-5-6-7-8-9-12-15-19-16-20-18-14-11-10-13-17(18)19/h10-11,13-14H,2-9,12,15-16H2,1H3. The molecule has 0 radical (unpaired) electrons. The Kier molecular flexibility index (Phi) is 7.35. The minimum Gasteiger partial charge on any atom is -0.361 e. The van der Waals surface area contributed by atoms with Crippen molar-refractivity contribution in [2.75, 3.05) is 17.3 Å². The van der Waals surface area contributed by atoms with Gasteiger partial charge in [-0.3, -0.25) is 0 Å². The predicted molar refractivity (Wildman–Crippen MR) is 91.7 cm³/mol. The lowest BCUT2D eigenvalue weighted by atomic mass is 10.1. The lowest BCUT2D eigenvalue weighted by Crippen LogP contribution is -2.20. The summed E-state index contributed by atoms with van der Waals surface area (Å²) in [7, 11) is 0. The molecule has 2 heteroatoms. The molecule has 0 atom stereocenters. The summed E-state index contributed by atoms with van der Waals surface area (Å²) in [6.45, 7) is 3.52. The van der Waals surface area contributed by atoms with Gasteiger partial charge in [-0.1, -0.05) is 70.4 Å². The molecule has 1 heterocycles. The van der Waals surface area contributed by atoms with Crippen LogP contribution < -0.4 is 4.90 Å². The number of unbranched alkanes of at least 4 members (excludes halogenated alkanes) is 8. The van der Waals surface area contributed by atoms with Crippen LogP contribution in [0.25, 0.3) is 0 Å². The van der Waals surface area contributed by atoms with Crippen LogP contribution in [0.1, 0.15) is 64.7 Å². The van der Waals surface area contributed by atoms with Gasteiger partial charge in [-0.05, 0) is 18.6 Å². The summed E-state index contributed by atoms with van der Waals surface area (Å²) in [5.41, 5.74) is 1.46. The third-order valence-electron chi connectivity index (χ3n) is 4.11. The fourth-order valence-electron chi connectivity index (χ4n) is 2.86. The molecule has 20 heavy (non-hydrogen) atoms. The summed E-state index contributed by atoms with van der Waals surface area (Å²) in [5, 5.41) is 0. The number of para-hydroxylation sites is 1. The normalized spacial score (nSPS) is 13.8. The number of hydrogen-bond donors (Lipinski definition) is 0. The molecule has 0 spiro atoms. The summed E-state index contributed by atoms with van der Waals surface area (Å²) in [6, 6.07) is 8.82. The number of nitrogens with zero attached hydrogens (tertiary/aromatic N) is 1. The SMILES string of the molecule is CCCCCCCCCCCN1CSc2ccccc21. The van der Waals surface area contributed by atoms with E-state index in [1.165, 1.54) is 74.9 Å². The summed E-state index contributed by atoms with van der Waals surface area (Å²) < 4.78 is 0. The molecule has 1 aromatic rings. The highest BCUT2D eigenvalue weighted by Crippen LogP contribution is 2.37. The molecule has 0 amide bonds. The molecule has 0 unspecified atom stereocenters. The third-order valence-corrected chi connectivity index (χ3v) is 5.21. The van der Waals surface area contributed by atoms with Gasteiger partial charge in [0.2, 0.25) is 0 Å². The number of benzene rings is 1. The van der Waals surface area contributed by atoms with Crippen LogP contribution in [0.15, 0.2) is 29.2 Å². The maximum Gasteiger partial charge on any atom is 0.0686 e. The maximum atomic E-state index is 2.54. The van der Waals surface area contributed by atoms with Crippen LogP contribution in [0.4, 0.5) is 5.69 Å².